The number of carbonyl (C=O) groups excluding carboxylic acids is 2. The van der Waals surface area contributed by atoms with Gasteiger partial charge in [0.2, 0.25) is 11.5 Å². The van der Waals surface area contributed by atoms with Crippen LogP contribution in [0, 0.1) is 6.92 Å². The van der Waals surface area contributed by atoms with Gasteiger partial charge in [0.1, 0.15) is 18.1 Å². The van der Waals surface area contributed by atoms with Crippen molar-refractivity contribution in [1.29, 1.82) is 0 Å². The Hall–Kier alpha value is -2.54. The van der Waals surface area contributed by atoms with Gasteiger partial charge in [-0.2, -0.15) is 0 Å². The van der Waals surface area contributed by atoms with E-state index in [4.69, 9.17) is 23.4 Å². The first-order chi connectivity index (χ1) is 12.0. The van der Waals surface area contributed by atoms with Gasteiger partial charge in [-0.25, -0.2) is 9.59 Å². The quantitative estimate of drug-likeness (QED) is 0.761. The summed E-state index contributed by atoms with van der Waals surface area (Å²) in [6, 6.07) is 6.39. The van der Waals surface area contributed by atoms with E-state index < -0.39 is 5.97 Å². The molecule has 2 rings (SSSR count). The highest BCUT2D eigenvalue weighted by Crippen LogP contribution is 2.09. The van der Waals surface area contributed by atoms with E-state index in [2.05, 4.69) is 0 Å². The van der Waals surface area contributed by atoms with Gasteiger partial charge in [0.25, 0.3) is 0 Å². The summed E-state index contributed by atoms with van der Waals surface area (Å²) in [6.07, 6.45) is 1.60. The number of esters is 2. The van der Waals surface area contributed by atoms with E-state index in [0.717, 1.165) is 18.6 Å². The van der Waals surface area contributed by atoms with Gasteiger partial charge in [-0.05, 0) is 44.0 Å². The highest BCUT2D eigenvalue weighted by atomic mass is 16.5. The standard InChI is InChI=1S/C9H12O4.C9H12O3/c1-2-5-12-9(11)8-4-3-7(6-10)13-8;1-3-6-11-9(10)8-5-4-7(2)12-8/h3-4,10H,2,5-6H2,1H3;4-5H,3,6H2,1-2H3. The molecule has 1 N–H and O–H groups in total. The Morgan fingerprint density at radius 2 is 1.44 bits per heavy atom. The van der Waals surface area contributed by atoms with Crippen LogP contribution in [0.3, 0.4) is 0 Å². The van der Waals surface area contributed by atoms with Crippen molar-refractivity contribution in [2.75, 3.05) is 13.2 Å². The molecule has 0 saturated carbocycles. The second-order valence-electron chi connectivity index (χ2n) is 5.11. The molecule has 0 atom stereocenters. The van der Waals surface area contributed by atoms with Crippen molar-refractivity contribution >= 4 is 11.9 Å². The fourth-order valence-electron chi connectivity index (χ4n) is 1.65. The van der Waals surface area contributed by atoms with Crippen molar-refractivity contribution < 1.29 is 33.0 Å². The molecular weight excluding hydrogens is 328 g/mol. The third-order valence-corrected chi connectivity index (χ3v) is 2.83. The molecule has 0 amide bonds. The summed E-state index contributed by atoms with van der Waals surface area (Å²) in [5.41, 5.74) is 0. The molecule has 0 radical (unpaired) electrons. The molecule has 0 aliphatic heterocycles. The van der Waals surface area contributed by atoms with E-state index in [1.54, 1.807) is 25.1 Å². The zero-order valence-corrected chi connectivity index (χ0v) is 14.7. The van der Waals surface area contributed by atoms with Crippen LogP contribution >= 0.6 is 0 Å². The molecule has 0 unspecified atom stereocenters. The number of hydrogen-bond acceptors (Lipinski definition) is 7. The van der Waals surface area contributed by atoms with Crippen LogP contribution in [-0.2, 0) is 16.1 Å². The van der Waals surface area contributed by atoms with Crippen LogP contribution in [0.2, 0.25) is 0 Å². The van der Waals surface area contributed by atoms with E-state index in [0.29, 0.717) is 19.0 Å². The van der Waals surface area contributed by atoms with Gasteiger partial charge >= 0.3 is 11.9 Å². The monoisotopic (exact) mass is 352 g/mol. The maximum Gasteiger partial charge on any atom is 0.374 e. The highest BCUT2D eigenvalue weighted by Gasteiger charge is 2.11. The fraction of sp³-hybridized carbons (Fsp3) is 0.444. The third kappa shape index (κ3) is 7.26. The number of aliphatic hydroxyl groups excluding tert-OH is 1. The summed E-state index contributed by atoms with van der Waals surface area (Å²) in [7, 11) is 0. The molecular formula is C18H24O7. The van der Waals surface area contributed by atoms with Crippen LogP contribution in [0.4, 0.5) is 0 Å². The molecule has 2 aromatic heterocycles. The third-order valence-electron chi connectivity index (χ3n) is 2.83. The number of carbonyl (C=O) groups is 2. The van der Waals surface area contributed by atoms with Gasteiger partial charge < -0.3 is 23.4 Å². The molecule has 7 heteroatoms. The van der Waals surface area contributed by atoms with Crippen LogP contribution in [-0.4, -0.2) is 30.3 Å². The molecule has 0 bridgehead atoms. The largest absolute Gasteiger partial charge is 0.460 e. The van der Waals surface area contributed by atoms with Crippen LogP contribution in [0.15, 0.2) is 33.1 Å². The van der Waals surface area contributed by atoms with Gasteiger partial charge in [-0.3, -0.25) is 0 Å². The Morgan fingerprint density at radius 3 is 1.84 bits per heavy atom. The number of aliphatic hydroxyl groups is 1. The molecule has 0 aromatic carbocycles. The van der Waals surface area contributed by atoms with Crippen molar-refractivity contribution in [2.45, 2.75) is 40.2 Å². The van der Waals surface area contributed by atoms with Crippen molar-refractivity contribution in [3.8, 4) is 0 Å². The average molecular weight is 352 g/mol. The number of hydrogen-bond donors (Lipinski definition) is 1. The Labute approximate surface area is 146 Å². The molecule has 2 heterocycles. The second-order valence-corrected chi connectivity index (χ2v) is 5.11. The van der Waals surface area contributed by atoms with Crippen LogP contribution < -0.4 is 0 Å². The maximum absolute atomic E-state index is 11.1. The Kier molecular flexibility index (Phi) is 9.10. The van der Waals surface area contributed by atoms with Crippen molar-refractivity contribution in [3.05, 3.63) is 47.3 Å². The van der Waals surface area contributed by atoms with Crippen molar-refractivity contribution in [2.24, 2.45) is 0 Å². The normalized spacial score (nSPS) is 9.92. The SMILES string of the molecule is CCCOC(=O)c1ccc(C)o1.CCCOC(=O)c1ccc(CO)o1. The molecule has 0 aliphatic carbocycles. The van der Waals surface area contributed by atoms with E-state index >= 15 is 0 Å². The summed E-state index contributed by atoms with van der Waals surface area (Å²) in [6.45, 7) is 6.26. The smallest absolute Gasteiger partial charge is 0.374 e. The number of aryl methyl sites for hydroxylation is 1. The first-order valence-corrected chi connectivity index (χ1v) is 8.12. The minimum Gasteiger partial charge on any atom is -0.460 e. The predicted octanol–water partition coefficient (Wildman–Crippen LogP) is 3.49. The summed E-state index contributed by atoms with van der Waals surface area (Å²) in [5.74, 6) is 0.631. The molecule has 0 saturated heterocycles. The number of rotatable bonds is 7. The molecule has 0 fully saturated rings. The Bertz CT molecular complexity index is 654. The molecule has 7 nitrogen and oxygen atoms in total. The van der Waals surface area contributed by atoms with E-state index in [-0.39, 0.29) is 24.1 Å². The van der Waals surface area contributed by atoms with Gasteiger partial charge in [0.15, 0.2) is 0 Å². The molecule has 25 heavy (non-hydrogen) atoms. The van der Waals surface area contributed by atoms with Crippen molar-refractivity contribution in [3.63, 3.8) is 0 Å². The van der Waals surface area contributed by atoms with Crippen molar-refractivity contribution in [1.82, 2.24) is 0 Å². The van der Waals surface area contributed by atoms with E-state index in [9.17, 15) is 9.59 Å². The van der Waals surface area contributed by atoms with Crippen LogP contribution in [0.25, 0.3) is 0 Å². The summed E-state index contributed by atoms with van der Waals surface area (Å²) in [4.78, 5) is 22.2. The maximum atomic E-state index is 11.1. The minimum absolute atomic E-state index is 0.137. The summed E-state index contributed by atoms with van der Waals surface area (Å²) in [5, 5.41) is 8.66. The predicted molar refractivity (Wildman–Crippen MR) is 89.2 cm³/mol. The summed E-state index contributed by atoms with van der Waals surface area (Å²) < 4.78 is 19.7. The first kappa shape index (κ1) is 20.5. The number of ether oxygens (including phenoxy) is 2. The molecule has 138 valence electrons. The molecule has 2 aromatic rings. The summed E-state index contributed by atoms with van der Waals surface area (Å²) >= 11 is 0. The van der Waals surface area contributed by atoms with Gasteiger partial charge in [-0.1, -0.05) is 13.8 Å². The zero-order valence-electron chi connectivity index (χ0n) is 14.7. The lowest BCUT2D eigenvalue weighted by molar-refractivity contribution is 0.0457. The first-order valence-electron chi connectivity index (χ1n) is 8.12. The molecule has 0 spiro atoms. The topological polar surface area (TPSA) is 99.1 Å². The average Bonchev–Trinajstić information content (AvgIpc) is 3.27. The van der Waals surface area contributed by atoms with E-state index in [1.165, 1.54) is 6.07 Å². The zero-order chi connectivity index (χ0) is 18.7. The highest BCUT2D eigenvalue weighted by molar-refractivity contribution is 5.86. The number of furan rings is 2. The second kappa shape index (κ2) is 11.1. The Morgan fingerprint density at radius 1 is 0.920 bits per heavy atom. The molecule has 0 aliphatic rings. The fourth-order valence-corrected chi connectivity index (χ4v) is 1.65. The van der Waals surface area contributed by atoms with E-state index in [1.807, 2.05) is 13.8 Å². The van der Waals surface area contributed by atoms with Gasteiger partial charge in [0.05, 0.1) is 13.2 Å². The van der Waals surface area contributed by atoms with Gasteiger partial charge in [0, 0.05) is 0 Å². The van der Waals surface area contributed by atoms with Gasteiger partial charge in [-0.15, -0.1) is 0 Å². The lowest BCUT2D eigenvalue weighted by Gasteiger charge is -1.98. The minimum atomic E-state index is -0.485. The van der Waals surface area contributed by atoms with Crippen LogP contribution in [0.5, 0.6) is 0 Å². The van der Waals surface area contributed by atoms with Crippen LogP contribution in [0.1, 0.15) is 59.3 Å². The Balaban J connectivity index is 0.000000251. The lowest BCUT2D eigenvalue weighted by atomic mass is 10.4. The lowest BCUT2D eigenvalue weighted by Crippen LogP contribution is -2.04.